The predicted octanol–water partition coefficient (Wildman–Crippen LogP) is -0.803. The molecule has 1 amide bonds. The first kappa shape index (κ1) is 16.4. The van der Waals surface area contributed by atoms with Crippen molar-refractivity contribution in [2.45, 2.75) is 12.8 Å². The van der Waals surface area contributed by atoms with E-state index in [1.165, 1.54) is 7.11 Å². The van der Waals surface area contributed by atoms with Gasteiger partial charge in [0.15, 0.2) is 0 Å². The molecule has 7 heteroatoms. The van der Waals surface area contributed by atoms with Crippen LogP contribution in [0.25, 0.3) is 0 Å². The number of nitrogens with one attached hydrogen (secondary N) is 1. The quantitative estimate of drug-likeness (QED) is 0.486. The summed E-state index contributed by atoms with van der Waals surface area (Å²) in [7, 11) is 1.39. The van der Waals surface area contributed by atoms with Crippen molar-refractivity contribution in [1.29, 1.82) is 5.26 Å². The molecule has 0 atom stereocenters. The van der Waals surface area contributed by atoms with Gasteiger partial charge in [0.2, 0.25) is 5.91 Å². The summed E-state index contributed by atoms with van der Waals surface area (Å²) >= 11 is 0. The minimum absolute atomic E-state index is 0.0386. The van der Waals surface area contributed by atoms with Crippen LogP contribution in [-0.4, -0.2) is 74.6 Å². The van der Waals surface area contributed by atoms with E-state index in [0.717, 1.165) is 26.2 Å². The van der Waals surface area contributed by atoms with Crippen LogP contribution in [0, 0.1) is 11.3 Å². The van der Waals surface area contributed by atoms with Crippen molar-refractivity contribution in [3.63, 3.8) is 0 Å². The van der Waals surface area contributed by atoms with Gasteiger partial charge in [0, 0.05) is 39.3 Å². The lowest BCUT2D eigenvalue weighted by molar-refractivity contribution is -0.141. The van der Waals surface area contributed by atoms with Crippen LogP contribution in [-0.2, 0) is 14.3 Å². The maximum absolute atomic E-state index is 11.6. The molecule has 1 aliphatic heterocycles. The Morgan fingerprint density at radius 1 is 1.25 bits per heavy atom. The van der Waals surface area contributed by atoms with Crippen LogP contribution in [0.5, 0.6) is 0 Å². The fourth-order valence-electron chi connectivity index (χ4n) is 2.04. The molecule has 0 aromatic heterocycles. The molecule has 20 heavy (non-hydrogen) atoms. The third-order valence-electron chi connectivity index (χ3n) is 3.25. The number of amides is 1. The molecule has 0 aromatic carbocycles. The van der Waals surface area contributed by atoms with Gasteiger partial charge in [0.25, 0.3) is 0 Å². The maximum atomic E-state index is 11.6. The van der Waals surface area contributed by atoms with E-state index in [0.29, 0.717) is 32.5 Å². The van der Waals surface area contributed by atoms with E-state index < -0.39 is 0 Å². The van der Waals surface area contributed by atoms with E-state index in [-0.39, 0.29) is 11.9 Å². The van der Waals surface area contributed by atoms with Crippen molar-refractivity contribution >= 4 is 11.9 Å². The van der Waals surface area contributed by atoms with E-state index >= 15 is 0 Å². The lowest BCUT2D eigenvalue weighted by Gasteiger charge is -2.34. The summed E-state index contributed by atoms with van der Waals surface area (Å²) in [5, 5.41) is 11.1. The number of methoxy groups -OCH3 is 1. The first-order valence-electron chi connectivity index (χ1n) is 6.81. The third-order valence-corrected chi connectivity index (χ3v) is 3.25. The minimum atomic E-state index is -0.190. The van der Waals surface area contributed by atoms with Gasteiger partial charge >= 0.3 is 5.97 Å². The summed E-state index contributed by atoms with van der Waals surface area (Å²) in [6.45, 7) is 4.81. The first-order chi connectivity index (χ1) is 9.65. The standard InChI is InChI=1S/C13H22N4O3/c1-20-13(19)3-6-16-7-9-17(10-8-16)11-12(18)15-5-2-4-14/h2-3,5-11H2,1H3,(H,15,18). The van der Waals surface area contributed by atoms with Crippen LogP contribution in [0.4, 0.5) is 0 Å². The summed E-state index contributed by atoms with van der Waals surface area (Å²) in [6.07, 6.45) is 0.748. The largest absolute Gasteiger partial charge is 0.469 e. The van der Waals surface area contributed by atoms with E-state index in [9.17, 15) is 9.59 Å². The summed E-state index contributed by atoms with van der Waals surface area (Å²) in [5.74, 6) is -0.229. The maximum Gasteiger partial charge on any atom is 0.306 e. The molecular formula is C13H22N4O3. The third kappa shape index (κ3) is 6.50. The molecule has 7 nitrogen and oxygen atoms in total. The Balaban J connectivity index is 2.14. The van der Waals surface area contributed by atoms with Gasteiger partial charge in [-0.2, -0.15) is 5.26 Å². The average molecular weight is 282 g/mol. The Labute approximate surface area is 119 Å². The van der Waals surface area contributed by atoms with Crippen LogP contribution < -0.4 is 5.32 Å². The number of carbonyl (C=O) groups is 2. The highest BCUT2D eigenvalue weighted by atomic mass is 16.5. The molecule has 112 valence electrons. The molecule has 1 aliphatic rings. The highest BCUT2D eigenvalue weighted by Crippen LogP contribution is 2.02. The number of nitrogens with zero attached hydrogens (tertiary/aromatic N) is 3. The Kier molecular flexibility index (Phi) is 7.62. The van der Waals surface area contributed by atoms with Gasteiger partial charge in [-0.05, 0) is 0 Å². The van der Waals surface area contributed by atoms with Crippen LogP contribution in [0.2, 0.25) is 0 Å². The molecule has 0 unspecified atom stereocenters. The Hall–Kier alpha value is -1.65. The lowest BCUT2D eigenvalue weighted by Crippen LogP contribution is -2.49. The molecule has 1 heterocycles. The lowest BCUT2D eigenvalue weighted by atomic mass is 10.3. The molecule has 0 spiro atoms. The number of hydrogen-bond donors (Lipinski definition) is 1. The van der Waals surface area contributed by atoms with E-state index in [2.05, 4.69) is 19.9 Å². The predicted molar refractivity (Wildman–Crippen MR) is 72.8 cm³/mol. The van der Waals surface area contributed by atoms with Gasteiger partial charge in [-0.3, -0.25) is 14.5 Å². The van der Waals surface area contributed by atoms with Crippen molar-refractivity contribution in [2.75, 3.05) is 52.9 Å². The van der Waals surface area contributed by atoms with Gasteiger partial charge in [-0.1, -0.05) is 0 Å². The molecule has 0 radical (unpaired) electrons. The van der Waals surface area contributed by atoms with Crippen molar-refractivity contribution < 1.29 is 14.3 Å². The number of ether oxygens (including phenoxy) is 1. The summed E-state index contributed by atoms with van der Waals surface area (Å²) in [6, 6.07) is 1.99. The summed E-state index contributed by atoms with van der Waals surface area (Å²) in [4.78, 5) is 26.9. The highest BCUT2D eigenvalue weighted by molar-refractivity contribution is 5.78. The Morgan fingerprint density at radius 2 is 1.90 bits per heavy atom. The molecule has 1 N–H and O–H groups in total. The monoisotopic (exact) mass is 282 g/mol. The smallest absolute Gasteiger partial charge is 0.306 e. The van der Waals surface area contributed by atoms with Gasteiger partial charge < -0.3 is 15.0 Å². The number of rotatable bonds is 7. The highest BCUT2D eigenvalue weighted by Gasteiger charge is 2.19. The second kappa shape index (κ2) is 9.28. The van der Waals surface area contributed by atoms with Crippen LogP contribution in [0.3, 0.4) is 0 Å². The molecule has 0 bridgehead atoms. The number of nitriles is 1. The van der Waals surface area contributed by atoms with E-state index in [1.807, 2.05) is 6.07 Å². The normalized spacial score (nSPS) is 16.4. The van der Waals surface area contributed by atoms with E-state index in [1.54, 1.807) is 0 Å². The fraction of sp³-hybridized carbons (Fsp3) is 0.769. The SMILES string of the molecule is COC(=O)CCN1CCN(CC(=O)NCCC#N)CC1. The zero-order valence-electron chi connectivity index (χ0n) is 11.9. The molecule has 1 rings (SSSR count). The zero-order valence-corrected chi connectivity index (χ0v) is 11.9. The number of piperazine rings is 1. The second-order valence-corrected chi connectivity index (χ2v) is 4.70. The van der Waals surface area contributed by atoms with Crippen LogP contribution >= 0.6 is 0 Å². The average Bonchev–Trinajstić information content (AvgIpc) is 2.46. The molecule has 0 aromatic rings. The first-order valence-corrected chi connectivity index (χ1v) is 6.81. The van der Waals surface area contributed by atoms with Crippen LogP contribution in [0.15, 0.2) is 0 Å². The number of carbonyl (C=O) groups excluding carboxylic acids is 2. The van der Waals surface area contributed by atoms with Crippen molar-refractivity contribution in [3.05, 3.63) is 0 Å². The van der Waals surface area contributed by atoms with Crippen molar-refractivity contribution in [1.82, 2.24) is 15.1 Å². The van der Waals surface area contributed by atoms with Gasteiger partial charge in [-0.25, -0.2) is 0 Å². The van der Waals surface area contributed by atoms with Crippen molar-refractivity contribution in [2.24, 2.45) is 0 Å². The Morgan fingerprint density at radius 3 is 2.50 bits per heavy atom. The summed E-state index contributed by atoms with van der Waals surface area (Å²) < 4.78 is 4.61. The van der Waals surface area contributed by atoms with Crippen LogP contribution in [0.1, 0.15) is 12.8 Å². The van der Waals surface area contributed by atoms with Crippen molar-refractivity contribution in [3.8, 4) is 6.07 Å². The Bertz CT molecular complexity index is 359. The zero-order chi connectivity index (χ0) is 14.8. The van der Waals surface area contributed by atoms with Gasteiger partial charge in [0.05, 0.1) is 32.6 Å². The fourth-order valence-corrected chi connectivity index (χ4v) is 2.04. The van der Waals surface area contributed by atoms with E-state index in [4.69, 9.17) is 5.26 Å². The topological polar surface area (TPSA) is 85.7 Å². The van der Waals surface area contributed by atoms with Gasteiger partial charge in [-0.15, -0.1) is 0 Å². The number of hydrogen-bond acceptors (Lipinski definition) is 6. The van der Waals surface area contributed by atoms with Gasteiger partial charge in [0.1, 0.15) is 0 Å². The minimum Gasteiger partial charge on any atom is -0.469 e. The molecule has 0 saturated carbocycles. The summed E-state index contributed by atoms with van der Waals surface area (Å²) in [5.41, 5.74) is 0. The molecule has 0 aliphatic carbocycles. The molecule has 1 fully saturated rings. The molecular weight excluding hydrogens is 260 g/mol. The number of esters is 1. The molecule has 1 saturated heterocycles. The second-order valence-electron chi connectivity index (χ2n) is 4.70.